The fraction of sp³-hybridized carbons (Fsp3) is 0.194. The van der Waals surface area contributed by atoms with Gasteiger partial charge in [0.25, 0.3) is 0 Å². The molecule has 0 aliphatic carbocycles. The number of benzene rings is 4. The molecule has 1 amide bonds. The third-order valence-electron chi connectivity index (χ3n) is 6.55. The number of halogens is 6. The molecule has 0 heterocycles. The summed E-state index contributed by atoms with van der Waals surface area (Å²) in [7, 11) is 0. The van der Waals surface area contributed by atoms with Crippen LogP contribution in [0, 0.1) is 0 Å². The van der Waals surface area contributed by atoms with Gasteiger partial charge >= 0.3 is 12.4 Å². The van der Waals surface area contributed by atoms with Gasteiger partial charge in [0, 0.05) is 18.4 Å². The van der Waals surface area contributed by atoms with Gasteiger partial charge in [-0.05, 0) is 46.5 Å². The predicted molar refractivity (Wildman–Crippen MR) is 137 cm³/mol. The molecule has 0 aliphatic heterocycles. The molecule has 202 valence electrons. The number of amides is 1. The Bertz CT molecular complexity index is 1310. The highest BCUT2D eigenvalue weighted by Crippen LogP contribution is 2.39. The smallest absolute Gasteiger partial charge is 0.355 e. The molecule has 0 spiro atoms. The summed E-state index contributed by atoms with van der Waals surface area (Å²) in [5.41, 5.74) is 1.29. The van der Waals surface area contributed by atoms with Crippen molar-refractivity contribution < 1.29 is 31.1 Å². The van der Waals surface area contributed by atoms with Crippen molar-refractivity contribution >= 4 is 5.91 Å². The first-order valence-electron chi connectivity index (χ1n) is 12.2. The molecule has 4 aromatic rings. The summed E-state index contributed by atoms with van der Waals surface area (Å²) in [6.45, 7) is 0.0965. The monoisotopic (exact) mass is 541 g/mol. The minimum absolute atomic E-state index is 0.0965. The van der Waals surface area contributed by atoms with Crippen LogP contribution in [0.25, 0.3) is 0 Å². The van der Waals surface area contributed by atoms with E-state index in [0.717, 1.165) is 35.4 Å². The first-order chi connectivity index (χ1) is 18.5. The number of hydrogen-bond acceptors (Lipinski definition) is 1. The lowest BCUT2D eigenvalue weighted by molar-refractivity contribution is -0.138. The van der Waals surface area contributed by atoms with Crippen molar-refractivity contribution in [3.63, 3.8) is 0 Å². The molecule has 2 nitrogen and oxygen atoms in total. The van der Waals surface area contributed by atoms with E-state index in [1.807, 2.05) is 60.7 Å². The van der Waals surface area contributed by atoms with Crippen molar-refractivity contribution in [3.8, 4) is 0 Å². The highest BCUT2D eigenvalue weighted by molar-refractivity contribution is 5.78. The van der Waals surface area contributed by atoms with Gasteiger partial charge in [0.05, 0.1) is 17.5 Å². The van der Waals surface area contributed by atoms with Gasteiger partial charge in [-0.2, -0.15) is 26.3 Å². The average molecular weight is 542 g/mol. The van der Waals surface area contributed by atoms with Gasteiger partial charge in [-0.1, -0.05) is 84.9 Å². The summed E-state index contributed by atoms with van der Waals surface area (Å²) < 4.78 is 78.3. The quantitative estimate of drug-likeness (QED) is 0.225. The lowest BCUT2D eigenvalue weighted by Crippen LogP contribution is -2.32. The standard InChI is InChI=1S/C31H25F6NO/c32-30(33,34)25-15-11-21(12-16-25)19-28(39)38-20-27(22-13-17-26(18-14-22)31(35,36)37)29(23-7-3-1-4-8-23)24-9-5-2-6-10-24/h1-18,27,29H,19-20H2,(H,38,39). The Morgan fingerprint density at radius 1 is 0.590 bits per heavy atom. The van der Waals surface area contributed by atoms with E-state index in [-0.39, 0.29) is 18.9 Å². The van der Waals surface area contributed by atoms with Crippen LogP contribution in [0.4, 0.5) is 26.3 Å². The zero-order chi connectivity index (χ0) is 28.0. The second-order valence-corrected chi connectivity index (χ2v) is 9.20. The molecule has 8 heteroatoms. The van der Waals surface area contributed by atoms with Gasteiger partial charge in [0.1, 0.15) is 0 Å². The van der Waals surface area contributed by atoms with Crippen LogP contribution in [0.2, 0.25) is 0 Å². The maximum absolute atomic E-state index is 13.2. The largest absolute Gasteiger partial charge is 0.416 e. The molecule has 0 bridgehead atoms. The molecule has 39 heavy (non-hydrogen) atoms. The molecule has 4 rings (SSSR count). The summed E-state index contributed by atoms with van der Waals surface area (Å²) in [4.78, 5) is 12.8. The SMILES string of the molecule is O=C(Cc1ccc(C(F)(F)F)cc1)NCC(c1ccc(C(F)(F)F)cc1)C(c1ccccc1)c1ccccc1. The normalized spacial score (nSPS) is 12.8. The van der Waals surface area contributed by atoms with E-state index in [4.69, 9.17) is 0 Å². The fourth-order valence-corrected chi connectivity index (χ4v) is 4.61. The minimum atomic E-state index is -4.48. The van der Waals surface area contributed by atoms with Crippen molar-refractivity contribution in [2.75, 3.05) is 6.54 Å². The van der Waals surface area contributed by atoms with Crippen molar-refractivity contribution in [2.45, 2.75) is 30.6 Å². The molecule has 0 saturated heterocycles. The zero-order valence-corrected chi connectivity index (χ0v) is 20.6. The Balaban J connectivity index is 1.63. The molecule has 1 atom stereocenters. The van der Waals surface area contributed by atoms with Crippen LogP contribution >= 0.6 is 0 Å². The Labute approximate surface area is 222 Å². The molecule has 0 aliphatic rings. The Morgan fingerprint density at radius 2 is 1.03 bits per heavy atom. The van der Waals surface area contributed by atoms with Crippen LogP contribution in [0.3, 0.4) is 0 Å². The number of hydrogen-bond donors (Lipinski definition) is 1. The van der Waals surface area contributed by atoms with E-state index >= 15 is 0 Å². The fourth-order valence-electron chi connectivity index (χ4n) is 4.61. The van der Waals surface area contributed by atoms with Crippen molar-refractivity contribution in [2.24, 2.45) is 0 Å². The first kappa shape index (κ1) is 28.0. The minimum Gasteiger partial charge on any atom is -0.355 e. The van der Waals surface area contributed by atoms with Crippen LogP contribution in [-0.2, 0) is 23.6 Å². The van der Waals surface area contributed by atoms with Gasteiger partial charge in [-0.15, -0.1) is 0 Å². The topological polar surface area (TPSA) is 29.1 Å². The van der Waals surface area contributed by atoms with E-state index in [9.17, 15) is 31.1 Å². The number of nitrogens with one attached hydrogen (secondary N) is 1. The van der Waals surface area contributed by atoms with Gasteiger partial charge in [-0.25, -0.2) is 0 Å². The van der Waals surface area contributed by atoms with Crippen molar-refractivity contribution in [1.82, 2.24) is 5.32 Å². The number of rotatable bonds is 8. The summed E-state index contributed by atoms with van der Waals surface area (Å²) in [5.74, 6) is -1.14. The lowest BCUT2D eigenvalue weighted by atomic mass is 9.77. The Morgan fingerprint density at radius 3 is 1.46 bits per heavy atom. The summed E-state index contributed by atoms with van der Waals surface area (Å²) in [6, 6.07) is 28.2. The zero-order valence-electron chi connectivity index (χ0n) is 20.6. The Hall–Kier alpha value is -4.07. The van der Waals surface area contributed by atoms with E-state index in [2.05, 4.69) is 5.32 Å². The molecule has 1 unspecified atom stereocenters. The first-order valence-corrected chi connectivity index (χ1v) is 12.2. The van der Waals surface area contributed by atoms with E-state index in [1.54, 1.807) is 0 Å². The molecule has 1 N–H and O–H groups in total. The highest BCUT2D eigenvalue weighted by Gasteiger charge is 2.32. The second kappa shape index (κ2) is 11.8. The second-order valence-electron chi connectivity index (χ2n) is 9.20. The summed E-state index contributed by atoms with van der Waals surface area (Å²) in [6.07, 6.45) is -9.10. The van der Waals surface area contributed by atoms with Gasteiger partial charge in [0.15, 0.2) is 0 Å². The van der Waals surface area contributed by atoms with Crippen LogP contribution in [0.1, 0.15) is 45.2 Å². The maximum Gasteiger partial charge on any atom is 0.416 e. The van der Waals surface area contributed by atoms with E-state index < -0.39 is 35.3 Å². The molecule has 0 saturated carbocycles. The molecular formula is C31H25F6NO. The molecule has 4 aromatic carbocycles. The number of carbonyl (C=O) groups is 1. The maximum atomic E-state index is 13.2. The third kappa shape index (κ3) is 7.28. The Kier molecular flexibility index (Phi) is 8.43. The van der Waals surface area contributed by atoms with Gasteiger partial charge in [0.2, 0.25) is 5.91 Å². The van der Waals surface area contributed by atoms with Crippen molar-refractivity contribution in [1.29, 1.82) is 0 Å². The molecular weight excluding hydrogens is 516 g/mol. The highest BCUT2D eigenvalue weighted by atomic mass is 19.4. The van der Waals surface area contributed by atoms with Crippen LogP contribution < -0.4 is 5.32 Å². The lowest BCUT2D eigenvalue weighted by Gasteiger charge is -2.29. The summed E-state index contributed by atoms with van der Waals surface area (Å²) in [5, 5.41) is 2.86. The molecule has 0 aromatic heterocycles. The van der Waals surface area contributed by atoms with Crippen LogP contribution in [0.15, 0.2) is 109 Å². The van der Waals surface area contributed by atoms with Crippen molar-refractivity contribution in [3.05, 3.63) is 143 Å². The van der Waals surface area contributed by atoms with Crippen LogP contribution in [-0.4, -0.2) is 12.5 Å². The molecule has 0 fully saturated rings. The van der Waals surface area contributed by atoms with E-state index in [0.29, 0.717) is 11.1 Å². The average Bonchev–Trinajstić information content (AvgIpc) is 2.91. The summed E-state index contributed by atoms with van der Waals surface area (Å²) >= 11 is 0. The number of alkyl halides is 6. The van der Waals surface area contributed by atoms with Crippen LogP contribution in [0.5, 0.6) is 0 Å². The third-order valence-corrected chi connectivity index (χ3v) is 6.55. The van der Waals surface area contributed by atoms with Gasteiger partial charge < -0.3 is 5.32 Å². The van der Waals surface area contributed by atoms with Gasteiger partial charge in [-0.3, -0.25) is 4.79 Å². The molecule has 0 radical (unpaired) electrons. The predicted octanol–water partition coefficient (Wildman–Crippen LogP) is 8.00. The number of carbonyl (C=O) groups excluding carboxylic acids is 1. The van der Waals surface area contributed by atoms with E-state index in [1.165, 1.54) is 24.3 Å².